The van der Waals surface area contributed by atoms with Crippen molar-refractivity contribution >= 4 is 37.3 Å². The average Bonchev–Trinajstić information content (AvgIpc) is 3.52. The minimum atomic E-state index is -3.67. The van der Waals surface area contributed by atoms with Crippen LogP contribution in [0.1, 0.15) is 36.5 Å². The molecule has 0 unspecified atom stereocenters. The quantitative estimate of drug-likeness (QED) is 0.513. The Kier molecular flexibility index (Phi) is 6.79. The highest BCUT2D eigenvalue weighted by molar-refractivity contribution is 7.92. The molecule has 10 heteroatoms. The van der Waals surface area contributed by atoms with E-state index in [0.717, 1.165) is 12.8 Å². The molecule has 2 aromatic carbocycles. The molecule has 1 saturated carbocycles. The number of anilines is 2. The van der Waals surface area contributed by atoms with Gasteiger partial charge in [0.1, 0.15) is 0 Å². The molecule has 1 aliphatic rings. The van der Waals surface area contributed by atoms with Crippen LogP contribution in [0.15, 0.2) is 53.4 Å². The number of hydrogen-bond acceptors (Lipinski definition) is 5. The van der Waals surface area contributed by atoms with E-state index >= 15 is 0 Å². The predicted octanol–water partition coefficient (Wildman–Crippen LogP) is 2.78. The van der Waals surface area contributed by atoms with Crippen molar-refractivity contribution in [3.8, 4) is 0 Å². The first-order valence-corrected chi connectivity index (χ1v) is 12.8. The SMILES string of the molecule is CCCS(=O)(=O)Nc1ccc(NC(=O)c2cccc(S(=O)(=O)NCC3CC3)c2)cc1. The van der Waals surface area contributed by atoms with Crippen molar-refractivity contribution in [2.75, 3.05) is 22.3 Å². The summed E-state index contributed by atoms with van der Waals surface area (Å²) in [4.78, 5) is 12.6. The van der Waals surface area contributed by atoms with Crippen LogP contribution in [0.2, 0.25) is 0 Å². The van der Waals surface area contributed by atoms with Crippen molar-refractivity contribution in [1.82, 2.24) is 4.72 Å². The molecule has 30 heavy (non-hydrogen) atoms. The van der Waals surface area contributed by atoms with Gasteiger partial charge in [-0.25, -0.2) is 21.6 Å². The minimum absolute atomic E-state index is 0.0280. The van der Waals surface area contributed by atoms with Gasteiger partial charge in [-0.3, -0.25) is 9.52 Å². The zero-order chi connectivity index (χ0) is 21.8. The summed E-state index contributed by atoms with van der Waals surface area (Å²) in [6.07, 6.45) is 2.57. The molecule has 0 aromatic heterocycles. The van der Waals surface area contributed by atoms with E-state index in [1.54, 1.807) is 31.2 Å². The Labute approximate surface area is 177 Å². The molecule has 0 bridgehead atoms. The van der Waals surface area contributed by atoms with E-state index in [9.17, 15) is 21.6 Å². The molecule has 1 aliphatic carbocycles. The molecule has 8 nitrogen and oxygen atoms in total. The van der Waals surface area contributed by atoms with Crippen molar-refractivity contribution in [2.24, 2.45) is 5.92 Å². The minimum Gasteiger partial charge on any atom is -0.322 e. The van der Waals surface area contributed by atoms with Gasteiger partial charge < -0.3 is 5.32 Å². The van der Waals surface area contributed by atoms with Crippen molar-refractivity contribution in [3.05, 3.63) is 54.1 Å². The summed E-state index contributed by atoms with van der Waals surface area (Å²) in [7, 11) is -7.06. The molecule has 0 aliphatic heterocycles. The van der Waals surface area contributed by atoms with Crippen LogP contribution in [0.4, 0.5) is 11.4 Å². The number of carbonyl (C=O) groups is 1. The average molecular weight is 452 g/mol. The Balaban J connectivity index is 1.65. The number of rotatable bonds is 10. The summed E-state index contributed by atoms with van der Waals surface area (Å²) >= 11 is 0. The summed E-state index contributed by atoms with van der Waals surface area (Å²) < 4.78 is 53.5. The van der Waals surface area contributed by atoms with Crippen LogP contribution in [0, 0.1) is 5.92 Å². The van der Waals surface area contributed by atoms with Crippen molar-refractivity contribution in [1.29, 1.82) is 0 Å². The largest absolute Gasteiger partial charge is 0.322 e. The summed E-state index contributed by atoms with van der Waals surface area (Å²) in [5, 5.41) is 2.68. The molecule has 0 radical (unpaired) electrons. The first kappa shape index (κ1) is 22.3. The monoisotopic (exact) mass is 451 g/mol. The molecule has 3 rings (SSSR count). The third kappa shape index (κ3) is 6.28. The van der Waals surface area contributed by atoms with E-state index in [4.69, 9.17) is 0 Å². The van der Waals surface area contributed by atoms with Crippen molar-refractivity contribution in [2.45, 2.75) is 31.1 Å². The first-order chi connectivity index (χ1) is 14.2. The second kappa shape index (κ2) is 9.15. The molecule has 0 saturated heterocycles. The zero-order valence-corrected chi connectivity index (χ0v) is 18.2. The van der Waals surface area contributed by atoms with Crippen LogP contribution in [0.5, 0.6) is 0 Å². The van der Waals surface area contributed by atoms with Gasteiger partial charge in [0.25, 0.3) is 5.91 Å². The van der Waals surface area contributed by atoms with Gasteiger partial charge in [-0.2, -0.15) is 0 Å². The van der Waals surface area contributed by atoms with Gasteiger partial charge in [-0.1, -0.05) is 13.0 Å². The van der Waals surface area contributed by atoms with Crippen LogP contribution in [0.3, 0.4) is 0 Å². The number of carbonyl (C=O) groups excluding carboxylic acids is 1. The highest BCUT2D eigenvalue weighted by atomic mass is 32.2. The number of benzene rings is 2. The van der Waals surface area contributed by atoms with Crippen LogP contribution < -0.4 is 14.8 Å². The highest BCUT2D eigenvalue weighted by Crippen LogP contribution is 2.28. The Bertz CT molecular complexity index is 1110. The standard InChI is InChI=1S/C20H25N3O5S2/c1-2-12-29(25,26)23-18-10-8-17(9-11-18)22-20(24)16-4-3-5-19(13-16)30(27,28)21-14-15-6-7-15/h3-5,8-11,13,15,21,23H,2,6-7,12,14H2,1H3,(H,22,24). The summed E-state index contributed by atoms with van der Waals surface area (Å²) in [5.41, 5.74) is 1.06. The third-order valence-electron chi connectivity index (χ3n) is 4.55. The van der Waals surface area contributed by atoms with Gasteiger partial charge >= 0.3 is 0 Å². The van der Waals surface area contributed by atoms with Gasteiger partial charge in [-0.15, -0.1) is 0 Å². The first-order valence-electron chi connectivity index (χ1n) is 9.70. The Hall–Kier alpha value is -2.43. The van der Waals surface area contributed by atoms with E-state index in [1.807, 2.05) is 0 Å². The maximum Gasteiger partial charge on any atom is 0.255 e. The lowest BCUT2D eigenvalue weighted by molar-refractivity contribution is 0.102. The van der Waals surface area contributed by atoms with E-state index in [2.05, 4.69) is 14.8 Å². The maximum atomic E-state index is 12.5. The van der Waals surface area contributed by atoms with Gasteiger partial charge in [0, 0.05) is 23.5 Å². The van der Waals surface area contributed by atoms with E-state index in [1.165, 1.54) is 24.3 Å². The van der Waals surface area contributed by atoms with Gasteiger partial charge in [0.15, 0.2) is 0 Å². The number of nitrogens with one attached hydrogen (secondary N) is 3. The normalized spacial score (nSPS) is 14.3. The summed E-state index contributed by atoms with van der Waals surface area (Å²) in [6, 6.07) is 12.1. The summed E-state index contributed by atoms with van der Waals surface area (Å²) in [5.74, 6) is -0.0329. The third-order valence-corrected chi connectivity index (χ3v) is 7.47. The van der Waals surface area contributed by atoms with E-state index in [-0.39, 0.29) is 16.2 Å². The summed E-state index contributed by atoms with van der Waals surface area (Å²) in [6.45, 7) is 2.19. The van der Waals surface area contributed by atoms with Crippen molar-refractivity contribution < 1.29 is 21.6 Å². The smallest absolute Gasteiger partial charge is 0.255 e. The Morgan fingerprint density at radius 1 is 1.00 bits per heavy atom. The van der Waals surface area contributed by atoms with Crippen LogP contribution in [0.25, 0.3) is 0 Å². The molecule has 1 amide bonds. The van der Waals surface area contributed by atoms with Crippen LogP contribution in [-0.2, 0) is 20.0 Å². The fourth-order valence-electron chi connectivity index (χ4n) is 2.76. The molecule has 162 valence electrons. The molecule has 1 fully saturated rings. The molecule has 0 atom stereocenters. The molecular formula is C20H25N3O5S2. The topological polar surface area (TPSA) is 121 Å². The maximum absolute atomic E-state index is 12.5. The highest BCUT2D eigenvalue weighted by Gasteiger charge is 2.24. The van der Waals surface area contributed by atoms with Crippen LogP contribution in [-0.4, -0.2) is 35.0 Å². The predicted molar refractivity (Wildman–Crippen MR) is 116 cm³/mol. The Morgan fingerprint density at radius 3 is 2.30 bits per heavy atom. The molecule has 0 heterocycles. The second-order valence-corrected chi connectivity index (χ2v) is 10.9. The Morgan fingerprint density at radius 2 is 1.67 bits per heavy atom. The number of sulfonamides is 2. The zero-order valence-electron chi connectivity index (χ0n) is 16.6. The van der Waals surface area contributed by atoms with E-state index in [0.29, 0.717) is 30.3 Å². The van der Waals surface area contributed by atoms with Crippen LogP contribution >= 0.6 is 0 Å². The van der Waals surface area contributed by atoms with E-state index < -0.39 is 26.0 Å². The molecule has 2 aromatic rings. The number of amides is 1. The fraction of sp³-hybridized carbons (Fsp3) is 0.350. The second-order valence-electron chi connectivity index (χ2n) is 7.28. The van der Waals surface area contributed by atoms with Gasteiger partial charge in [-0.05, 0) is 67.6 Å². The lowest BCUT2D eigenvalue weighted by Crippen LogP contribution is -2.26. The molecule has 3 N–H and O–H groups in total. The van der Waals surface area contributed by atoms with Gasteiger partial charge in [0.05, 0.1) is 10.6 Å². The van der Waals surface area contributed by atoms with Crippen molar-refractivity contribution in [3.63, 3.8) is 0 Å². The lowest BCUT2D eigenvalue weighted by atomic mass is 10.2. The number of hydrogen-bond donors (Lipinski definition) is 3. The lowest BCUT2D eigenvalue weighted by Gasteiger charge is -2.10. The molecule has 0 spiro atoms. The molecular weight excluding hydrogens is 426 g/mol. The van der Waals surface area contributed by atoms with Gasteiger partial charge in [0.2, 0.25) is 20.0 Å². The fourth-order valence-corrected chi connectivity index (χ4v) is 5.06.